The van der Waals surface area contributed by atoms with Crippen LogP contribution in [-0.4, -0.2) is 18.5 Å². The molecule has 1 rings (SSSR count). The van der Waals surface area contributed by atoms with Crippen LogP contribution in [0, 0.1) is 5.82 Å². The van der Waals surface area contributed by atoms with Crippen molar-refractivity contribution in [2.45, 2.75) is 20.0 Å². The van der Waals surface area contributed by atoms with Gasteiger partial charge in [-0.1, -0.05) is 11.6 Å². The highest BCUT2D eigenvalue weighted by Crippen LogP contribution is 2.15. The Morgan fingerprint density at radius 3 is 2.73 bits per heavy atom. The largest absolute Gasteiger partial charge is 0.371 e. The van der Waals surface area contributed by atoms with Crippen LogP contribution >= 0.6 is 11.6 Å². The molecule has 0 spiro atoms. The van der Waals surface area contributed by atoms with E-state index in [4.69, 9.17) is 16.3 Å². The summed E-state index contributed by atoms with van der Waals surface area (Å²) >= 11 is 5.57. The van der Waals surface area contributed by atoms with Gasteiger partial charge in [-0.3, -0.25) is 4.79 Å². The molecule has 0 fully saturated rings. The van der Waals surface area contributed by atoms with Crippen LogP contribution in [0.3, 0.4) is 0 Å². The van der Waals surface area contributed by atoms with Gasteiger partial charge in [0.15, 0.2) is 5.78 Å². The Balaban J connectivity index is 2.74. The Kier molecular flexibility index (Phi) is 4.24. The van der Waals surface area contributed by atoms with Crippen molar-refractivity contribution < 1.29 is 13.9 Å². The second kappa shape index (κ2) is 5.24. The summed E-state index contributed by atoms with van der Waals surface area (Å²) < 4.78 is 18.4. The third-order valence-corrected chi connectivity index (χ3v) is 2.01. The summed E-state index contributed by atoms with van der Waals surface area (Å²) in [6.45, 7) is 3.51. The first-order valence-corrected chi connectivity index (χ1v) is 4.98. The third kappa shape index (κ3) is 3.61. The number of benzene rings is 1. The number of ketones is 1. The van der Waals surface area contributed by atoms with Crippen molar-refractivity contribution in [2.75, 3.05) is 6.61 Å². The van der Waals surface area contributed by atoms with Crippen LogP contribution in [0.15, 0.2) is 18.2 Å². The molecule has 0 heterocycles. The lowest BCUT2D eigenvalue weighted by Gasteiger charge is -2.07. The van der Waals surface area contributed by atoms with Gasteiger partial charge in [0.25, 0.3) is 0 Å². The minimum atomic E-state index is -0.611. The molecular weight excluding hydrogens is 219 g/mol. The maximum atomic E-state index is 13.3. The quantitative estimate of drug-likeness (QED) is 0.743. The Labute approximate surface area is 93.0 Å². The van der Waals surface area contributed by atoms with Gasteiger partial charge in [-0.2, -0.15) is 0 Å². The standard InChI is InChI=1S/C11H12ClFO2/c1-7(2)15-6-11(14)9-4-3-8(12)5-10(9)13/h3-5,7H,6H2,1-2H3. The normalized spacial score (nSPS) is 10.7. The molecule has 0 aliphatic heterocycles. The molecule has 0 bridgehead atoms. The van der Waals surface area contributed by atoms with Crippen molar-refractivity contribution in [3.05, 3.63) is 34.6 Å². The highest BCUT2D eigenvalue weighted by atomic mass is 35.5. The number of rotatable bonds is 4. The smallest absolute Gasteiger partial charge is 0.191 e. The fraction of sp³-hybridized carbons (Fsp3) is 0.364. The molecule has 0 aliphatic rings. The van der Waals surface area contributed by atoms with Crippen molar-refractivity contribution in [3.8, 4) is 0 Å². The maximum absolute atomic E-state index is 13.3. The van der Waals surface area contributed by atoms with Crippen molar-refractivity contribution in [1.82, 2.24) is 0 Å². The van der Waals surface area contributed by atoms with Crippen LogP contribution in [0.1, 0.15) is 24.2 Å². The van der Waals surface area contributed by atoms with Gasteiger partial charge in [0.1, 0.15) is 12.4 Å². The number of carbonyl (C=O) groups is 1. The van der Waals surface area contributed by atoms with Crippen LogP contribution in [0.5, 0.6) is 0 Å². The number of Topliss-reactive ketones (excluding diaryl/α,β-unsaturated/α-hetero) is 1. The molecule has 0 saturated carbocycles. The van der Waals surface area contributed by atoms with E-state index in [1.54, 1.807) is 0 Å². The number of halogens is 2. The predicted octanol–water partition coefficient (Wildman–Crippen LogP) is 3.09. The van der Waals surface area contributed by atoms with Gasteiger partial charge in [-0.25, -0.2) is 4.39 Å². The van der Waals surface area contributed by atoms with E-state index >= 15 is 0 Å². The fourth-order valence-electron chi connectivity index (χ4n) is 1.04. The lowest BCUT2D eigenvalue weighted by Crippen LogP contribution is -2.14. The minimum absolute atomic E-state index is 0.0139. The van der Waals surface area contributed by atoms with E-state index in [9.17, 15) is 9.18 Å². The van der Waals surface area contributed by atoms with Crippen LogP contribution in [0.2, 0.25) is 5.02 Å². The molecule has 0 radical (unpaired) electrons. The van der Waals surface area contributed by atoms with Crippen LogP contribution < -0.4 is 0 Å². The monoisotopic (exact) mass is 230 g/mol. The molecule has 82 valence electrons. The van der Waals surface area contributed by atoms with Crippen molar-refractivity contribution in [1.29, 1.82) is 0 Å². The molecular formula is C11H12ClFO2. The number of hydrogen-bond acceptors (Lipinski definition) is 2. The van der Waals surface area contributed by atoms with Crippen LogP contribution in [0.4, 0.5) is 4.39 Å². The molecule has 15 heavy (non-hydrogen) atoms. The first kappa shape index (κ1) is 12.1. The van der Waals surface area contributed by atoms with E-state index < -0.39 is 5.82 Å². The van der Waals surface area contributed by atoms with E-state index in [1.807, 2.05) is 13.8 Å². The minimum Gasteiger partial charge on any atom is -0.371 e. The summed E-state index contributed by atoms with van der Waals surface area (Å²) in [5.74, 6) is -0.988. The lowest BCUT2D eigenvalue weighted by atomic mass is 10.1. The Bertz CT molecular complexity index is 364. The third-order valence-electron chi connectivity index (χ3n) is 1.78. The molecule has 0 amide bonds. The second-order valence-electron chi connectivity index (χ2n) is 3.41. The first-order chi connectivity index (χ1) is 7.00. The molecule has 1 aromatic rings. The van der Waals surface area contributed by atoms with Crippen molar-refractivity contribution >= 4 is 17.4 Å². The molecule has 1 aromatic carbocycles. The van der Waals surface area contributed by atoms with Crippen molar-refractivity contribution in [3.63, 3.8) is 0 Å². The highest BCUT2D eigenvalue weighted by molar-refractivity contribution is 6.30. The zero-order valence-electron chi connectivity index (χ0n) is 8.59. The number of ether oxygens (including phenoxy) is 1. The van der Waals surface area contributed by atoms with Gasteiger partial charge >= 0.3 is 0 Å². The molecule has 0 atom stereocenters. The van der Waals surface area contributed by atoms with Crippen LogP contribution in [-0.2, 0) is 4.74 Å². The summed E-state index contributed by atoms with van der Waals surface area (Å²) in [7, 11) is 0. The van der Waals surface area contributed by atoms with Crippen molar-refractivity contribution in [2.24, 2.45) is 0 Å². The average molecular weight is 231 g/mol. The van der Waals surface area contributed by atoms with Gasteiger partial charge in [0.05, 0.1) is 11.7 Å². The molecule has 0 saturated heterocycles. The fourth-order valence-corrected chi connectivity index (χ4v) is 1.19. The zero-order chi connectivity index (χ0) is 11.4. The van der Waals surface area contributed by atoms with E-state index in [1.165, 1.54) is 12.1 Å². The predicted molar refractivity (Wildman–Crippen MR) is 56.8 cm³/mol. The summed E-state index contributed by atoms with van der Waals surface area (Å²) in [5, 5.41) is 0.272. The van der Waals surface area contributed by atoms with E-state index in [2.05, 4.69) is 0 Å². The topological polar surface area (TPSA) is 26.3 Å². The van der Waals surface area contributed by atoms with E-state index in [0.29, 0.717) is 0 Å². The molecule has 0 N–H and O–H groups in total. The number of hydrogen-bond donors (Lipinski definition) is 0. The lowest BCUT2D eigenvalue weighted by molar-refractivity contribution is 0.0581. The second-order valence-corrected chi connectivity index (χ2v) is 3.84. The zero-order valence-corrected chi connectivity index (χ0v) is 9.34. The molecule has 0 unspecified atom stereocenters. The Morgan fingerprint density at radius 2 is 2.20 bits per heavy atom. The van der Waals surface area contributed by atoms with E-state index in [-0.39, 0.29) is 29.1 Å². The summed E-state index contributed by atoms with van der Waals surface area (Å²) in [6.07, 6.45) is -0.0516. The van der Waals surface area contributed by atoms with Gasteiger partial charge in [-0.05, 0) is 32.0 Å². The molecule has 0 aromatic heterocycles. The van der Waals surface area contributed by atoms with Gasteiger partial charge < -0.3 is 4.74 Å². The van der Waals surface area contributed by atoms with Crippen LogP contribution in [0.25, 0.3) is 0 Å². The summed E-state index contributed by atoms with van der Waals surface area (Å²) in [6, 6.07) is 3.96. The average Bonchev–Trinajstić information content (AvgIpc) is 2.14. The molecule has 4 heteroatoms. The van der Waals surface area contributed by atoms with Gasteiger partial charge in [0, 0.05) is 5.02 Å². The maximum Gasteiger partial charge on any atom is 0.191 e. The van der Waals surface area contributed by atoms with Gasteiger partial charge in [0.2, 0.25) is 0 Å². The highest BCUT2D eigenvalue weighted by Gasteiger charge is 2.12. The molecule has 0 aliphatic carbocycles. The SMILES string of the molecule is CC(C)OCC(=O)c1ccc(Cl)cc1F. The summed E-state index contributed by atoms with van der Waals surface area (Å²) in [5.41, 5.74) is 0.0139. The number of carbonyl (C=O) groups excluding carboxylic acids is 1. The Morgan fingerprint density at radius 1 is 1.53 bits per heavy atom. The van der Waals surface area contributed by atoms with Gasteiger partial charge in [-0.15, -0.1) is 0 Å². The van der Waals surface area contributed by atoms with E-state index in [0.717, 1.165) is 6.07 Å². The Hall–Kier alpha value is -0.930. The first-order valence-electron chi connectivity index (χ1n) is 4.60. The molecule has 2 nitrogen and oxygen atoms in total. The summed E-state index contributed by atoms with van der Waals surface area (Å²) in [4.78, 5) is 11.5.